The van der Waals surface area contributed by atoms with Crippen LogP contribution in [0.1, 0.15) is 57.9 Å². The van der Waals surface area contributed by atoms with Crippen molar-refractivity contribution in [3.05, 3.63) is 189 Å². The van der Waals surface area contributed by atoms with Crippen molar-refractivity contribution in [2.45, 2.75) is 37.8 Å². The number of benzene rings is 6. The van der Waals surface area contributed by atoms with Crippen molar-refractivity contribution in [3.63, 3.8) is 0 Å². The Morgan fingerprint density at radius 1 is 0.794 bits per heavy atom. The topological polar surface area (TPSA) is 82.9 Å². The molecule has 9 rings (SSSR count). The number of hydrogen-bond donors (Lipinski definition) is 1. The molecule has 2 amide bonds. The van der Waals surface area contributed by atoms with Gasteiger partial charge in [-0.3, -0.25) is 9.59 Å². The summed E-state index contributed by atoms with van der Waals surface area (Å²) in [6.07, 6.45) is 1.76. The van der Waals surface area contributed by atoms with Crippen LogP contribution in [0, 0.1) is 5.82 Å². The van der Waals surface area contributed by atoms with Gasteiger partial charge >= 0.3 is 0 Å². The van der Waals surface area contributed by atoms with Crippen LogP contribution in [-0.2, 0) is 21.5 Å². The molecule has 2 aliphatic rings. The van der Waals surface area contributed by atoms with Gasteiger partial charge in [0.25, 0.3) is 5.91 Å². The van der Waals surface area contributed by atoms with Crippen LogP contribution in [0.15, 0.2) is 150 Å². The molecule has 6 aromatic carbocycles. The third kappa shape index (κ3) is 8.40. The number of carbonyl (C=O) groups excluding carboxylic acids is 2. The van der Waals surface area contributed by atoms with E-state index in [0.717, 1.165) is 69.7 Å². The largest absolute Gasteiger partial charge is 0.381 e. The van der Waals surface area contributed by atoms with E-state index in [1.165, 1.54) is 6.07 Å². The van der Waals surface area contributed by atoms with Gasteiger partial charge in [-0.15, -0.1) is 0 Å². The molecule has 0 aliphatic carbocycles. The molecule has 0 bridgehead atoms. The van der Waals surface area contributed by atoms with Gasteiger partial charge in [0.05, 0.1) is 16.8 Å². The Balaban J connectivity index is 1.25. The number of piperazine rings is 1. The highest BCUT2D eigenvalue weighted by molar-refractivity contribution is 9.10. The van der Waals surface area contributed by atoms with E-state index in [4.69, 9.17) is 9.84 Å². The average Bonchev–Trinajstić information content (AvgIpc) is 3.64. The zero-order valence-corrected chi connectivity index (χ0v) is 37.1. The molecule has 1 aromatic heterocycles. The van der Waals surface area contributed by atoms with Crippen LogP contribution >= 0.6 is 15.9 Å². The molecule has 0 radical (unpaired) electrons. The minimum absolute atomic E-state index is 0.128. The van der Waals surface area contributed by atoms with Crippen LogP contribution < -0.4 is 15.1 Å². The molecular weight excluding hydrogens is 856 g/mol. The highest BCUT2D eigenvalue weighted by Gasteiger charge is 2.41. The number of nitrogens with zero attached hydrogens (tertiary/aromatic N) is 5. The molecule has 9 nitrogen and oxygen atoms in total. The fraction of sp³-hybridized carbons (Fsp3) is 0.250. The quantitative estimate of drug-likeness (QED) is 0.130. The number of fused-ring (bicyclic) bond motifs is 1. The number of halogens is 2. The van der Waals surface area contributed by atoms with Crippen LogP contribution in [0.4, 0.5) is 21.6 Å². The highest BCUT2D eigenvalue weighted by Crippen LogP contribution is 2.45. The molecule has 0 spiro atoms. The zero-order valence-electron chi connectivity index (χ0n) is 35.5. The second kappa shape index (κ2) is 18.3. The molecule has 0 atom stereocenters. The first-order chi connectivity index (χ1) is 30.7. The number of rotatable bonds is 11. The van der Waals surface area contributed by atoms with E-state index in [0.29, 0.717) is 54.9 Å². The monoisotopic (exact) mass is 904 g/mol. The lowest BCUT2D eigenvalue weighted by Gasteiger charge is -2.37. The lowest BCUT2D eigenvalue weighted by atomic mass is 9.77. The van der Waals surface area contributed by atoms with E-state index in [-0.39, 0.29) is 23.7 Å². The summed E-state index contributed by atoms with van der Waals surface area (Å²) in [4.78, 5) is 35.3. The maximum atomic E-state index is 15.2. The van der Waals surface area contributed by atoms with Crippen LogP contribution in [-0.4, -0.2) is 79.0 Å². The smallest absolute Gasteiger partial charge is 0.259 e. The molecular formula is C52H50BrFN6O3. The van der Waals surface area contributed by atoms with Crippen molar-refractivity contribution < 1.29 is 18.7 Å². The van der Waals surface area contributed by atoms with E-state index in [1.54, 1.807) is 24.0 Å². The van der Waals surface area contributed by atoms with Crippen molar-refractivity contribution in [3.8, 4) is 0 Å². The molecule has 3 heterocycles. The summed E-state index contributed by atoms with van der Waals surface area (Å²) in [5.74, 6) is -0.478. The Bertz CT molecular complexity index is 2640. The summed E-state index contributed by atoms with van der Waals surface area (Å²) in [5, 5.41) is 9.43. The molecule has 0 saturated carbocycles. The normalized spacial score (nSPS) is 15.1. The molecule has 63 heavy (non-hydrogen) atoms. The number of likely N-dealkylation sites (N-methyl/N-ethyl adjacent to an activating group) is 1. The summed E-state index contributed by atoms with van der Waals surface area (Å²) in [6.45, 7) is 6.15. The van der Waals surface area contributed by atoms with Gasteiger partial charge in [-0.1, -0.05) is 119 Å². The number of anilines is 3. The lowest BCUT2D eigenvalue weighted by Crippen LogP contribution is -2.45. The summed E-state index contributed by atoms with van der Waals surface area (Å²) in [7, 11) is 2.12. The van der Waals surface area contributed by atoms with Crippen molar-refractivity contribution in [2.24, 2.45) is 0 Å². The predicted octanol–water partition coefficient (Wildman–Crippen LogP) is 9.90. The van der Waals surface area contributed by atoms with Crippen molar-refractivity contribution in [2.75, 3.05) is 61.6 Å². The van der Waals surface area contributed by atoms with Gasteiger partial charge in [-0.05, 0) is 96.6 Å². The summed E-state index contributed by atoms with van der Waals surface area (Å²) in [5.41, 5.74) is 6.28. The minimum Gasteiger partial charge on any atom is -0.381 e. The maximum absolute atomic E-state index is 15.2. The van der Waals surface area contributed by atoms with Gasteiger partial charge in [0.15, 0.2) is 5.82 Å². The van der Waals surface area contributed by atoms with Gasteiger partial charge in [-0.25, -0.2) is 9.07 Å². The molecule has 2 fully saturated rings. The van der Waals surface area contributed by atoms with Gasteiger partial charge in [-0.2, -0.15) is 5.10 Å². The molecule has 2 aliphatic heterocycles. The molecule has 320 valence electrons. The number of amides is 2. The Morgan fingerprint density at radius 2 is 1.41 bits per heavy atom. The van der Waals surface area contributed by atoms with E-state index in [9.17, 15) is 9.18 Å². The third-order valence-electron chi connectivity index (χ3n) is 12.5. The van der Waals surface area contributed by atoms with Crippen LogP contribution in [0.25, 0.3) is 10.9 Å². The van der Waals surface area contributed by atoms with Gasteiger partial charge < -0.3 is 24.8 Å². The fourth-order valence-corrected chi connectivity index (χ4v) is 9.82. The lowest BCUT2D eigenvalue weighted by molar-refractivity contribution is -0.117. The zero-order chi connectivity index (χ0) is 43.5. The van der Waals surface area contributed by atoms with E-state index < -0.39 is 5.54 Å². The second-order valence-electron chi connectivity index (χ2n) is 16.5. The number of hydrogen-bond acceptors (Lipinski definition) is 6. The number of carbonyl (C=O) groups is 2. The number of aromatic nitrogens is 2. The van der Waals surface area contributed by atoms with E-state index >= 15 is 4.79 Å². The van der Waals surface area contributed by atoms with Gasteiger partial charge in [0, 0.05) is 67.9 Å². The van der Waals surface area contributed by atoms with E-state index in [1.807, 2.05) is 89.6 Å². The van der Waals surface area contributed by atoms with Crippen LogP contribution in [0.5, 0.6) is 0 Å². The highest BCUT2D eigenvalue weighted by atomic mass is 79.9. The Labute approximate surface area is 376 Å². The summed E-state index contributed by atoms with van der Waals surface area (Å²) >= 11 is 3.90. The maximum Gasteiger partial charge on any atom is 0.259 e. The van der Waals surface area contributed by atoms with Gasteiger partial charge in [0.1, 0.15) is 11.4 Å². The first-order valence-corrected chi connectivity index (χ1v) is 22.4. The Morgan fingerprint density at radius 3 is 2.00 bits per heavy atom. The van der Waals surface area contributed by atoms with Gasteiger partial charge in [0.2, 0.25) is 5.91 Å². The first kappa shape index (κ1) is 42.2. The van der Waals surface area contributed by atoms with Crippen molar-refractivity contribution >= 4 is 55.8 Å². The average molecular weight is 906 g/mol. The van der Waals surface area contributed by atoms with E-state index in [2.05, 4.69) is 80.6 Å². The van der Waals surface area contributed by atoms with Crippen LogP contribution in [0.2, 0.25) is 0 Å². The summed E-state index contributed by atoms with van der Waals surface area (Å²) in [6, 6.07) is 47.3. The number of ether oxygens (including phenoxy) is 1. The summed E-state index contributed by atoms with van der Waals surface area (Å²) < 4.78 is 23.1. The minimum atomic E-state index is -1.00. The molecule has 11 heteroatoms. The van der Waals surface area contributed by atoms with Crippen molar-refractivity contribution in [1.29, 1.82) is 0 Å². The molecule has 0 unspecified atom stereocenters. The number of nitrogens with one attached hydrogen (secondary N) is 1. The Hall–Kier alpha value is -6.14. The third-order valence-corrected chi connectivity index (χ3v) is 13.2. The van der Waals surface area contributed by atoms with Crippen molar-refractivity contribution in [1.82, 2.24) is 14.7 Å². The van der Waals surface area contributed by atoms with Crippen LogP contribution in [0.3, 0.4) is 0 Å². The SMILES string of the molecule is CC(=O)N(c1cc(N2CCN(C)CC2)ccc1C(=O)Nc1nn(C(c2ccccc2)(c2ccccc2)c2ccccc2)c2cc(Br)c(Cc3cccc(F)c3)cc12)C1CCOCC1. The molecule has 7 aromatic rings. The standard InChI is InChI=1S/C52H50BrFN6O3/c1-36(61)59(43-23-29-63-30-24-43)48-34-44(58-27-25-57(2)26-28-58)21-22-45(48)51(62)55-50-46-33-38(31-37-13-12-20-42(54)32-37)47(53)35-49(46)60(56-50)52(39-14-6-3-7-15-39,40-16-8-4-9-17-40)41-18-10-5-11-19-41/h3-22,32-35,43H,23-31H2,1-2H3,(H,55,56,62). The Kier molecular flexibility index (Phi) is 12.2. The molecule has 2 saturated heterocycles. The second-order valence-corrected chi connectivity index (χ2v) is 17.4. The molecule has 1 N–H and O–H groups in total. The first-order valence-electron chi connectivity index (χ1n) is 21.6. The predicted molar refractivity (Wildman–Crippen MR) is 252 cm³/mol. The fourth-order valence-electron chi connectivity index (χ4n) is 9.35.